The van der Waals surface area contributed by atoms with Crippen LogP contribution in [-0.4, -0.2) is 72.1 Å². The number of rotatable bonds is 18. The zero-order valence-corrected chi connectivity index (χ0v) is 29.2. The summed E-state index contributed by atoms with van der Waals surface area (Å²) in [5.41, 5.74) is 2.52. The molecule has 1 fully saturated rings. The van der Waals surface area contributed by atoms with E-state index in [0.717, 1.165) is 88.0 Å². The van der Waals surface area contributed by atoms with E-state index < -0.39 is 6.10 Å². The first-order chi connectivity index (χ1) is 24.4. The standard InChI is InChI=1S/C40H52N4O6/c1-43-24-21-32(22-25-43)50-40(48)44(29-30-13-8-7-9-14-30)31-15-12-16-33(27-31)49-26-11-6-4-2-3-5-10-23-41-28-37(46)34-17-19-36(45)39-35(34)18-20-38(47)42-39/h7-9,12-20,27,32,37,41,45-46H,2-6,10-11,21-26,28-29H2,1H3,(H,42,47)/t37-/m0/s1. The highest BCUT2D eigenvalue weighted by molar-refractivity contribution is 5.88. The second kappa shape index (κ2) is 19.1. The molecule has 2 heterocycles. The third-order valence-electron chi connectivity index (χ3n) is 9.34. The van der Waals surface area contributed by atoms with Crippen LogP contribution in [0.3, 0.4) is 0 Å². The zero-order chi connectivity index (χ0) is 35.1. The molecule has 5 rings (SSSR count). The largest absolute Gasteiger partial charge is 0.506 e. The van der Waals surface area contributed by atoms with E-state index in [1.807, 2.05) is 54.6 Å². The van der Waals surface area contributed by atoms with Crippen molar-refractivity contribution >= 4 is 22.7 Å². The number of hydrogen-bond donors (Lipinski definition) is 4. The van der Waals surface area contributed by atoms with Crippen LogP contribution >= 0.6 is 0 Å². The summed E-state index contributed by atoms with van der Waals surface area (Å²) >= 11 is 0. The van der Waals surface area contributed by atoms with Crippen molar-refractivity contribution in [3.05, 3.63) is 100 Å². The van der Waals surface area contributed by atoms with Gasteiger partial charge >= 0.3 is 6.09 Å². The molecular formula is C40H52N4O6. The fraction of sp³-hybridized carbons (Fsp3) is 0.450. The van der Waals surface area contributed by atoms with Crippen LogP contribution in [0.5, 0.6) is 11.5 Å². The molecule has 268 valence electrons. The van der Waals surface area contributed by atoms with Crippen LogP contribution in [0.1, 0.15) is 75.0 Å². The van der Waals surface area contributed by atoms with Gasteiger partial charge in [-0.05, 0) is 74.7 Å². The van der Waals surface area contributed by atoms with Crippen LogP contribution in [0.15, 0.2) is 83.7 Å². The molecule has 1 saturated heterocycles. The summed E-state index contributed by atoms with van der Waals surface area (Å²) < 4.78 is 12.1. The number of carbonyl (C=O) groups excluding carboxylic acids is 1. The molecule has 1 atom stereocenters. The maximum Gasteiger partial charge on any atom is 0.414 e. The van der Waals surface area contributed by atoms with Gasteiger partial charge in [0.2, 0.25) is 5.56 Å². The van der Waals surface area contributed by atoms with Gasteiger partial charge in [-0.15, -0.1) is 0 Å². The average molecular weight is 685 g/mol. The lowest BCUT2D eigenvalue weighted by Crippen LogP contribution is -2.39. The third-order valence-corrected chi connectivity index (χ3v) is 9.34. The minimum absolute atomic E-state index is 0.0102. The summed E-state index contributed by atoms with van der Waals surface area (Å²) in [5, 5.41) is 24.7. The number of aromatic nitrogens is 1. The summed E-state index contributed by atoms with van der Waals surface area (Å²) in [6.07, 6.45) is 8.26. The molecule has 50 heavy (non-hydrogen) atoms. The van der Waals surface area contributed by atoms with Crippen LogP contribution < -0.4 is 20.5 Å². The second-order valence-electron chi connectivity index (χ2n) is 13.3. The summed E-state index contributed by atoms with van der Waals surface area (Å²) in [6, 6.07) is 23.9. The maximum absolute atomic E-state index is 13.4. The van der Waals surface area contributed by atoms with Gasteiger partial charge in [-0.3, -0.25) is 9.69 Å². The van der Waals surface area contributed by atoms with Gasteiger partial charge in [-0.1, -0.05) is 74.6 Å². The van der Waals surface area contributed by atoms with E-state index in [9.17, 15) is 19.8 Å². The number of aliphatic hydroxyl groups excluding tert-OH is 1. The van der Waals surface area contributed by atoms with Gasteiger partial charge < -0.3 is 34.9 Å². The first kappa shape index (κ1) is 36.9. The molecule has 0 saturated carbocycles. The molecule has 1 aromatic heterocycles. The number of aromatic hydroxyl groups is 1. The monoisotopic (exact) mass is 684 g/mol. The number of likely N-dealkylation sites (tertiary alicyclic amines) is 1. The van der Waals surface area contributed by atoms with Crippen LogP contribution in [0.2, 0.25) is 0 Å². The first-order valence-corrected chi connectivity index (χ1v) is 18.0. The summed E-state index contributed by atoms with van der Waals surface area (Å²) in [4.78, 5) is 31.7. The minimum Gasteiger partial charge on any atom is -0.506 e. The molecule has 3 aromatic carbocycles. The molecule has 4 N–H and O–H groups in total. The number of fused-ring (bicyclic) bond motifs is 1. The number of carbonyl (C=O) groups is 1. The van der Waals surface area contributed by atoms with Crippen LogP contribution in [-0.2, 0) is 11.3 Å². The Kier molecular flexibility index (Phi) is 14.1. The Labute approximate surface area is 295 Å². The number of piperidine rings is 1. The molecule has 0 aliphatic carbocycles. The molecule has 10 heteroatoms. The average Bonchev–Trinajstić information content (AvgIpc) is 3.12. The predicted molar refractivity (Wildman–Crippen MR) is 198 cm³/mol. The number of hydrogen-bond acceptors (Lipinski definition) is 8. The van der Waals surface area contributed by atoms with Crippen molar-refractivity contribution in [3.8, 4) is 11.5 Å². The number of pyridine rings is 1. The topological polar surface area (TPSA) is 127 Å². The van der Waals surface area contributed by atoms with Gasteiger partial charge in [0, 0.05) is 37.2 Å². The van der Waals surface area contributed by atoms with E-state index >= 15 is 0 Å². The first-order valence-electron chi connectivity index (χ1n) is 18.0. The number of benzene rings is 3. The lowest BCUT2D eigenvalue weighted by atomic mass is 10.0. The fourth-order valence-electron chi connectivity index (χ4n) is 6.40. The molecule has 0 bridgehead atoms. The van der Waals surface area contributed by atoms with Gasteiger partial charge in [0.25, 0.3) is 0 Å². The molecule has 10 nitrogen and oxygen atoms in total. The molecule has 4 aromatic rings. The number of ether oxygens (including phenoxy) is 2. The zero-order valence-electron chi connectivity index (χ0n) is 29.2. The van der Waals surface area contributed by atoms with Crippen LogP contribution in [0.25, 0.3) is 10.9 Å². The number of aromatic amines is 1. The number of phenolic OH excluding ortho intramolecular Hbond substituents is 1. The minimum atomic E-state index is -0.743. The molecule has 1 amide bonds. The third kappa shape index (κ3) is 11.1. The van der Waals surface area contributed by atoms with Gasteiger partial charge in [-0.2, -0.15) is 0 Å². The highest BCUT2D eigenvalue weighted by Crippen LogP contribution is 2.29. The number of phenols is 1. The predicted octanol–water partition coefficient (Wildman–Crippen LogP) is 6.90. The van der Waals surface area contributed by atoms with Crippen molar-refractivity contribution in [1.82, 2.24) is 15.2 Å². The highest BCUT2D eigenvalue weighted by Gasteiger charge is 2.25. The Hall–Kier alpha value is -4.38. The van der Waals surface area contributed by atoms with Crippen molar-refractivity contribution in [2.45, 2.75) is 76.5 Å². The Balaban J connectivity index is 0.967. The van der Waals surface area contributed by atoms with E-state index in [0.29, 0.717) is 36.2 Å². The second-order valence-corrected chi connectivity index (χ2v) is 13.3. The van der Waals surface area contributed by atoms with Gasteiger partial charge in [-0.25, -0.2) is 4.79 Å². The molecule has 1 aliphatic rings. The SMILES string of the molecule is CN1CCC(OC(=O)N(Cc2ccccc2)c2cccc(OCCCCCCCCCNC[C@H](O)c3ccc(O)c4[nH]c(=O)ccc34)c2)CC1. The number of anilines is 1. The van der Waals surface area contributed by atoms with Crippen molar-refractivity contribution < 1.29 is 24.5 Å². The lowest BCUT2D eigenvalue weighted by Gasteiger charge is -2.31. The molecule has 1 aliphatic heterocycles. The summed E-state index contributed by atoms with van der Waals surface area (Å²) in [6.45, 7) is 4.12. The smallest absolute Gasteiger partial charge is 0.414 e. The molecule has 0 unspecified atom stereocenters. The van der Waals surface area contributed by atoms with Gasteiger partial charge in [0.15, 0.2) is 0 Å². The fourth-order valence-corrected chi connectivity index (χ4v) is 6.40. The van der Waals surface area contributed by atoms with E-state index in [2.05, 4.69) is 22.2 Å². The van der Waals surface area contributed by atoms with Crippen molar-refractivity contribution in [2.24, 2.45) is 0 Å². The van der Waals surface area contributed by atoms with Crippen molar-refractivity contribution in [3.63, 3.8) is 0 Å². The van der Waals surface area contributed by atoms with Crippen molar-refractivity contribution in [1.29, 1.82) is 0 Å². The number of aliphatic hydroxyl groups is 1. The number of unbranched alkanes of at least 4 members (excludes halogenated alkanes) is 6. The van der Waals surface area contributed by atoms with E-state index in [-0.39, 0.29) is 23.5 Å². The van der Waals surface area contributed by atoms with Gasteiger partial charge in [0.1, 0.15) is 17.6 Å². The maximum atomic E-state index is 13.4. The molecule has 0 radical (unpaired) electrons. The Morgan fingerprint density at radius 3 is 2.46 bits per heavy atom. The highest BCUT2D eigenvalue weighted by atomic mass is 16.6. The van der Waals surface area contributed by atoms with Crippen molar-refractivity contribution in [2.75, 3.05) is 44.7 Å². The molecular weight excluding hydrogens is 632 g/mol. The summed E-state index contributed by atoms with van der Waals surface area (Å²) in [7, 11) is 2.10. The normalized spacial score (nSPS) is 14.4. The van der Waals surface area contributed by atoms with E-state index in [1.165, 1.54) is 18.6 Å². The molecule has 0 spiro atoms. The Morgan fingerprint density at radius 1 is 0.940 bits per heavy atom. The van der Waals surface area contributed by atoms with Crippen LogP contribution in [0.4, 0.5) is 10.5 Å². The van der Waals surface area contributed by atoms with Gasteiger partial charge in [0.05, 0.1) is 30.5 Å². The Bertz CT molecular complexity index is 1690. The van der Waals surface area contributed by atoms with E-state index in [4.69, 9.17) is 9.47 Å². The number of nitrogens with zero attached hydrogens (tertiary/aromatic N) is 2. The van der Waals surface area contributed by atoms with E-state index in [1.54, 1.807) is 17.0 Å². The number of nitrogens with one attached hydrogen (secondary N) is 2. The number of amides is 1. The number of H-pyrrole nitrogens is 1. The van der Waals surface area contributed by atoms with Crippen LogP contribution in [0, 0.1) is 0 Å². The quantitative estimate of drug-likeness (QED) is 0.0834. The summed E-state index contributed by atoms with van der Waals surface area (Å²) in [5.74, 6) is 0.739. The lowest BCUT2D eigenvalue weighted by molar-refractivity contribution is 0.0614. The Morgan fingerprint density at radius 2 is 1.68 bits per heavy atom.